The minimum absolute atomic E-state index is 0.0515. The lowest BCUT2D eigenvalue weighted by Gasteiger charge is -2.14. The van der Waals surface area contributed by atoms with Gasteiger partial charge in [0.15, 0.2) is 5.41 Å². The Bertz CT molecular complexity index is 633. The fraction of sp³-hybridized carbons (Fsp3) is 0.294. The summed E-state index contributed by atoms with van der Waals surface area (Å²) >= 11 is 0. The van der Waals surface area contributed by atoms with E-state index >= 15 is 0 Å². The minimum Gasteiger partial charge on any atom is -0.472 e. The smallest absolute Gasteiger partial charge is 0.324 e. The van der Waals surface area contributed by atoms with Gasteiger partial charge >= 0.3 is 11.9 Å². The third kappa shape index (κ3) is 2.92. The van der Waals surface area contributed by atoms with Crippen molar-refractivity contribution in [3.63, 3.8) is 0 Å². The molecule has 1 fully saturated rings. The highest BCUT2D eigenvalue weighted by atomic mass is 16.6. The Morgan fingerprint density at radius 1 is 1.13 bits per heavy atom. The van der Waals surface area contributed by atoms with Crippen molar-refractivity contribution >= 4 is 11.9 Å². The van der Waals surface area contributed by atoms with Gasteiger partial charge in [0.2, 0.25) is 0 Å². The first kappa shape index (κ1) is 15.1. The van der Waals surface area contributed by atoms with E-state index in [0.717, 1.165) is 11.1 Å². The van der Waals surface area contributed by atoms with Gasteiger partial charge in [-0.25, -0.2) is 0 Å². The summed E-state index contributed by atoms with van der Waals surface area (Å²) in [4.78, 5) is 24.7. The van der Waals surface area contributed by atoms with E-state index in [1.165, 1.54) is 25.1 Å². The lowest BCUT2D eigenvalue weighted by molar-refractivity contribution is -0.166. The van der Waals surface area contributed by atoms with Crippen molar-refractivity contribution in [2.45, 2.75) is 19.6 Å². The topological polar surface area (TPSA) is 78.9 Å². The number of hydrogen-bond donors (Lipinski definition) is 0. The normalized spacial score (nSPS) is 18.2. The van der Waals surface area contributed by atoms with E-state index in [4.69, 9.17) is 18.3 Å². The molecule has 6 nitrogen and oxygen atoms in total. The second-order valence-corrected chi connectivity index (χ2v) is 5.43. The molecule has 0 radical (unpaired) electrons. The van der Waals surface area contributed by atoms with Gasteiger partial charge in [-0.15, -0.1) is 6.58 Å². The highest BCUT2D eigenvalue weighted by Crippen LogP contribution is 2.55. The van der Waals surface area contributed by atoms with Gasteiger partial charge in [-0.1, -0.05) is 6.08 Å². The van der Waals surface area contributed by atoms with E-state index in [1.807, 2.05) is 0 Å². The highest BCUT2D eigenvalue weighted by Gasteiger charge is 2.67. The molecule has 2 aromatic rings. The molecule has 1 aliphatic carbocycles. The summed E-state index contributed by atoms with van der Waals surface area (Å²) in [5, 5.41) is 0. The van der Waals surface area contributed by atoms with Gasteiger partial charge in [0.05, 0.1) is 25.1 Å². The third-order valence-corrected chi connectivity index (χ3v) is 3.93. The van der Waals surface area contributed by atoms with Crippen molar-refractivity contribution < 1.29 is 27.9 Å². The largest absolute Gasteiger partial charge is 0.472 e. The predicted molar refractivity (Wildman–Crippen MR) is 77.7 cm³/mol. The van der Waals surface area contributed by atoms with Crippen molar-refractivity contribution in [1.29, 1.82) is 0 Å². The molecular weight excluding hydrogens is 300 g/mol. The minimum atomic E-state index is -1.28. The van der Waals surface area contributed by atoms with E-state index in [2.05, 4.69) is 6.58 Å². The van der Waals surface area contributed by atoms with Crippen LogP contribution in [0.4, 0.5) is 0 Å². The molecule has 3 rings (SSSR count). The van der Waals surface area contributed by atoms with Crippen molar-refractivity contribution in [3.05, 3.63) is 61.0 Å². The van der Waals surface area contributed by atoms with Crippen LogP contribution in [0.2, 0.25) is 0 Å². The van der Waals surface area contributed by atoms with Crippen LogP contribution in [0.25, 0.3) is 0 Å². The van der Waals surface area contributed by atoms with E-state index in [0.29, 0.717) is 6.42 Å². The molecule has 1 aliphatic rings. The second kappa shape index (κ2) is 6.16. The lowest BCUT2D eigenvalue weighted by Crippen LogP contribution is -2.31. The fourth-order valence-electron chi connectivity index (χ4n) is 2.43. The first-order valence-electron chi connectivity index (χ1n) is 7.16. The summed E-state index contributed by atoms with van der Waals surface area (Å²) in [7, 11) is 0. The van der Waals surface area contributed by atoms with Crippen molar-refractivity contribution in [2.24, 2.45) is 11.3 Å². The summed E-state index contributed by atoms with van der Waals surface area (Å²) in [6.07, 6.45) is 7.87. The quantitative estimate of drug-likeness (QED) is 0.444. The van der Waals surface area contributed by atoms with Crippen molar-refractivity contribution in [1.82, 2.24) is 0 Å². The zero-order chi connectivity index (χ0) is 16.3. The van der Waals surface area contributed by atoms with Gasteiger partial charge in [-0.2, -0.15) is 0 Å². The van der Waals surface area contributed by atoms with E-state index in [-0.39, 0.29) is 19.1 Å². The number of ether oxygens (including phenoxy) is 2. The molecule has 23 heavy (non-hydrogen) atoms. The van der Waals surface area contributed by atoms with Crippen LogP contribution in [0.5, 0.6) is 0 Å². The summed E-state index contributed by atoms with van der Waals surface area (Å²) in [5.41, 5.74) is 0.155. The first-order chi connectivity index (χ1) is 11.2. The lowest BCUT2D eigenvalue weighted by atomic mass is 10.0. The average molecular weight is 316 g/mol. The van der Waals surface area contributed by atoms with Crippen LogP contribution in [-0.2, 0) is 32.3 Å². The third-order valence-electron chi connectivity index (χ3n) is 3.93. The Labute approximate surface area is 132 Å². The number of allylic oxidation sites excluding steroid dienone is 1. The molecule has 0 bridgehead atoms. The zero-order valence-corrected chi connectivity index (χ0v) is 12.4. The molecule has 2 heterocycles. The fourth-order valence-corrected chi connectivity index (χ4v) is 2.43. The molecule has 1 saturated carbocycles. The van der Waals surface area contributed by atoms with Gasteiger partial charge in [-0.05, 0) is 18.6 Å². The Morgan fingerprint density at radius 3 is 2.00 bits per heavy atom. The second-order valence-electron chi connectivity index (χ2n) is 5.43. The molecular formula is C17H16O6. The van der Waals surface area contributed by atoms with Crippen LogP contribution < -0.4 is 0 Å². The maximum absolute atomic E-state index is 12.4. The maximum atomic E-state index is 12.4. The van der Waals surface area contributed by atoms with Crippen molar-refractivity contribution in [3.8, 4) is 0 Å². The Kier molecular flexibility index (Phi) is 4.06. The highest BCUT2D eigenvalue weighted by molar-refractivity contribution is 6.04. The predicted octanol–water partition coefficient (Wildman–Crippen LogP) is 2.85. The van der Waals surface area contributed by atoms with Gasteiger partial charge in [0.1, 0.15) is 13.2 Å². The number of furan rings is 2. The van der Waals surface area contributed by atoms with Crippen LogP contribution in [0.3, 0.4) is 0 Å². The molecule has 0 aromatic carbocycles. The van der Waals surface area contributed by atoms with Gasteiger partial charge in [0, 0.05) is 17.0 Å². The Balaban J connectivity index is 1.63. The molecule has 0 N–H and O–H groups in total. The molecule has 120 valence electrons. The summed E-state index contributed by atoms with van der Waals surface area (Å²) < 4.78 is 20.3. The summed E-state index contributed by atoms with van der Waals surface area (Å²) in [6, 6.07) is 3.38. The number of esters is 2. The SMILES string of the molecule is C=CC1CC1(C(=O)OCc1ccoc1)C(=O)OCc1ccoc1. The van der Waals surface area contributed by atoms with Crippen molar-refractivity contribution in [2.75, 3.05) is 0 Å². The van der Waals surface area contributed by atoms with Crippen LogP contribution in [0.15, 0.2) is 58.7 Å². The number of rotatable bonds is 7. The van der Waals surface area contributed by atoms with Crippen LogP contribution in [0, 0.1) is 11.3 Å². The maximum Gasteiger partial charge on any atom is 0.324 e. The van der Waals surface area contributed by atoms with E-state index in [9.17, 15) is 9.59 Å². The summed E-state index contributed by atoms with van der Waals surface area (Å²) in [6.45, 7) is 3.76. The molecule has 1 unspecified atom stereocenters. The van der Waals surface area contributed by atoms with E-state index in [1.54, 1.807) is 18.2 Å². The molecule has 0 amide bonds. The average Bonchev–Trinajstić information content (AvgIpc) is 2.95. The Morgan fingerprint density at radius 2 is 1.65 bits per heavy atom. The van der Waals surface area contributed by atoms with Gasteiger partial charge < -0.3 is 18.3 Å². The van der Waals surface area contributed by atoms with Gasteiger partial charge in [0.25, 0.3) is 0 Å². The monoisotopic (exact) mass is 316 g/mol. The van der Waals surface area contributed by atoms with Crippen LogP contribution in [-0.4, -0.2) is 11.9 Å². The summed E-state index contributed by atoms with van der Waals surface area (Å²) in [5.74, 6) is -1.46. The molecule has 0 saturated heterocycles. The molecule has 0 spiro atoms. The molecule has 6 heteroatoms. The van der Waals surface area contributed by atoms with Crippen LogP contribution >= 0.6 is 0 Å². The van der Waals surface area contributed by atoms with Crippen LogP contribution in [0.1, 0.15) is 17.5 Å². The first-order valence-corrected chi connectivity index (χ1v) is 7.16. The molecule has 0 aliphatic heterocycles. The molecule has 2 aromatic heterocycles. The number of hydrogen-bond acceptors (Lipinski definition) is 6. The van der Waals surface area contributed by atoms with E-state index < -0.39 is 17.4 Å². The Hall–Kier alpha value is -2.76. The number of carbonyl (C=O) groups is 2. The zero-order valence-electron chi connectivity index (χ0n) is 12.4. The molecule has 1 atom stereocenters. The van der Waals surface area contributed by atoms with Gasteiger partial charge in [-0.3, -0.25) is 9.59 Å². The standard InChI is InChI=1S/C17H16O6/c1-2-14-7-17(14,15(18)22-10-12-3-5-20-8-12)16(19)23-11-13-4-6-21-9-13/h2-6,8-9,14H,1,7,10-11H2. The number of carbonyl (C=O) groups excluding carboxylic acids is 2.